The van der Waals surface area contributed by atoms with E-state index < -0.39 is 23.9 Å². The molecule has 184 valence electrons. The van der Waals surface area contributed by atoms with Gasteiger partial charge in [-0.15, -0.1) is 0 Å². The summed E-state index contributed by atoms with van der Waals surface area (Å²) in [5, 5.41) is 14.9. The molecule has 7 heteroatoms. The number of hydrogen-bond acceptors (Lipinski definition) is 4. The van der Waals surface area contributed by atoms with Gasteiger partial charge in [-0.05, 0) is 41.0 Å². The average molecular weight is 477 g/mol. The predicted molar refractivity (Wildman–Crippen MR) is 133 cm³/mol. The third-order valence-electron chi connectivity index (χ3n) is 6.96. The van der Waals surface area contributed by atoms with Crippen LogP contribution in [0.1, 0.15) is 43.7 Å². The van der Waals surface area contributed by atoms with Gasteiger partial charge in [0.2, 0.25) is 5.91 Å². The van der Waals surface area contributed by atoms with Crippen molar-refractivity contribution in [1.29, 1.82) is 0 Å². The first kappa shape index (κ1) is 24.5. The molecule has 4 rings (SSSR count). The fourth-order valence-electron chi connectivity index (χ4n) is 4.96. The minimum absolute atomic E-state index is 0.0215. The Hall–Kier alpha value is -3.61. The summed E-state index contributed by atoms with van der Waals surface area (Å²) in [6, 6.07) is 16.0. The van der Waals surface area contributed by atoms with Gasteiger partial charge in [0.15, 0.2) is 0 Å². The molecular weight excluding hydrogens is 444 g/mol. The molecule has 2 aliphatic rings. The largest absolute Gasteiger partial charge is 0.481 e. The number of ether oxygens (including phenoxy) is 1. The Morgan fingerprint density at radius 2 is 1.66 bits per heavy atom. The van der Waals surface area contributed by atoms with Crippen molar-refractivity contribution in [3.05, 3.63) is 71.8 Å². The smallest absolute Gasteiger partial charge is 0.407 e. The third kappa shape index (κ3) is 5.56. The monoisotopic (exact) mass is 476 g/mol. The summed E-state index contributed by atoms with van der Waals surface area (Å²) in [5.74, 6) is -2.08. The molecule has 0 bridgehead atoms. The van der Waals surface area contributed by atoms with Crippen molar-refractivity contribution >= 4 is 18.0 Å². The van der Waals surface area contributed by atoms with Gasteiger partial charge in [-0.1, -0.05) is 74.5 Å². The molecule has 2 aromatic carbocycles. The minimum atomic E-state index is -0.856. The summed E-state index contributed by atoms with van der Waals surface area (Å²) in [4.78, 5) is 36.7. The number of alkyl carbamates (subject to hydrolysis) is 1. The molecule has 0 saturated carbocycles. The lowest BCUT2D eigenvalue weighted by Gasteiger charge is -2.27. The Bertz CT molecular complexity index is 1080. The fraction of sp³-hybridized carbons (Fsp3) is 0.393. The van der Waals surface area contributed by atoms with Crippen molar-refractivity contribution in [1.82, 2.24) is 10.6 Å². The summed E-state index contributed by atoms with van der Waals surface area (Å²) in [5.41, 5.74) is 4.60. The van der Waals surface area contributed by atoms with Gasteiger partial charge in [0.25, 0.3) is 0 Å². The molecule has 2 aromatic rings. The van der Waals surface area contributed by atoms with E-state index in [1.54, 1.807) is 6.08 Å². The van der Waals surface area contributed by atoms with E-state index in [-0.39, 0.29) is 36.9 Å². The lowest BCUT2D eigenvalue weighted by molar-refractivity contribution is -0.142. The summed E-state index contributed by atoms with van der Waals surface area (Å²) >= 11 is 0. The third-order valence-corrected chi connectivity index (χ3v) is 6.96. The van der Waals surface area contributed by atoms with Gasteiger partial charge >= 0.3 is 12.1 Å². The average Bonchev–Trinajstić information content (AvgIpc) is 3.16. The maximum Gasteiger partial charge on any atom is 0.407 e. The van der Waals surface area contributed by atoms with Crippen LogP contribution in [0.2, 0.25) is 0 Å². The maximum absolute atomic E-state index is 12.9. The molecule has 3 atom stereocenters. The number of carboxylic acid groups (broad SMARTS) is 1. The lowest BCUT2D eigenvalue weighted by Crippen LogP contribution is -2.46. The van der Waals surface area contributed by atoms with E-state index in [0.29, 0.717) is 12.8 Å². The standard InChI is InChI=1S/C28H32N2O5/c1-17(2)24(26(31)30-19-9-7-8-18(14-19)27(32)33)15-29-28(34)35-16-25-22-12-5-3-10-20(22)21-11-4-6-13-23(21)25/h3-7,9-13,17-19,24-25H,8,14-16H2,1-2H3,(H,29,34)(H,30,31)(H,32,33)/t18-,19-,24?/m1/s1. The van der Waals surface area contributed by atoms with Crippen LogP contribution in [0.4, 0.5) is 4.79 Å². The number of allylic oxidation sites excluding steroid dienone is 1. The molecule has 2 aliphatic carbocycles. The predicted octanol–water partition coefficient (Wildman–Crippen LogP) is 4.33. The highest BCUT2D eigenvalue weighted by Crippen LogP contribution is 2.44. The molecule has 0 aromatic heterocycles. The van der Waals surface area contributed by atoms with Gasteiger partial charge in [0, 0.05) is 18.5 Å². The van der Waals surface area contributed by atoms with Crippen LogP contribution in [0.25, 0.3) is 11.1 Å². The van der Waals surface area contributed by atoms with Crippen LogP contribution < -0.4 is 10.6 Å². The molecule has 1 unspecified atom stereocenters. The van der Waals surface area contributed by atoms with E-state index in [9.17, 15) is 19.5 Å². The molecule has 3 N–H and O–H groups in total. The van der Waals surface area contributed by atoms with Crippen molar-refractivity contribution in [3.8, 4) is 11.1 Å². The Morgan fingerprint density at radius 3 is 2.26 bits per heavy atom. The topological polar surface area (TPSA) is 105 Å². The number of rotatable bonds is 8. The Balaban J connectivity index is 1.32. The summed E-state index contributed by atoms with van der Waals surface area (Å²) in [7, 11) is 0. The highest BCUT2D eigenvalue weighted by molar-refractivity contribution is 5.81. The number of nitrogens with one attached hydrogen (secondary N) is 2. The van der Waals surface area contributed by atoms with Crippen molar-refractivity contribution in [2.45, 2.75) is 38.6 Å². The second-order valence-corrected chi connectivity index (χ2v) is 9.61. The molecular formula is C28H32N2O5. The zero-order valence-electron chi connectivity index (χ0n) is 20.1. The van der Waals surface area contributed by atoms with Gasteiger partial charge in [-0.3, -0.25) is 9.59 Å². The maximum atomic E-state index is 12.9. The van der Waals surface area contributed by atoms with Gasteiger partial charge in [-0.2, -0.15) is 0 Å². The Labute approximate surface area is 205 Å². The highest BCUT2D eigenvalue weighted by atomic mass is 16.5. The molecule has 0 aliphatic heterocycles. The normalized spacial score (nSPS) is 19.5. The molecule has 35 heavy (non-hydrogen) atoms. The van der Waals surface area contributed by atoms with Crippen LogP contribution in [0.5, 0.6) is 0 Å². The van der Waals surface area contributed by atoms with E-state index in [0.717, 1.165) is 22.3 Å². The van der Waals surface area contributed by atoms with Crippen LogP contribution >= 0.6 is 0 Å². The van der Waals surface area contributed by atoms with Crippen LogP contribution in [0, 0.1) is 17.8 Å². The van der Waals surface area contributed by atoms with Gasteiger partial charge < -0.3 is 20.5 Å². The molecule has 0 saturated heterocycles. The van der Waals surface area contributed by atoms with Crippen LogP contribution in [0.15, 0.2) is 60.7 Å². The second kappa shape index (κ2) is 10.8. The fourth-order valence-corrected chi connectivity index (χ4v) is 4.96. The Morgan fingerprint density at radius 1 is 1.03 bits per heavy atom. The second-order valence-electron chi connectivity index (χ2n) is 9.61. The first-order chi connectivity index (χ1) is 16.8. The summed E-state index contributed by atoms with van der Waals surface area (Å²) in [6.07, 6.45) is 3.91. The Kier molecular flexibility index (Phi) is 7.54. The van der Waals surface area contributed by atoms with Crippen molar-refractivity contribution in [3.63, 3.8) is 0 Å². The molecule has 0 heterocycles. The molecule has 2 amide bonds. The van der Waals surface area contributed by atoms with E-state index in [1.165, 1.54) is 0 Å². The molecule has 0 radical (unpaired) electrons. The van der Waals surface area contributed by atoms with Gasteiger partial charge in [-0.25, -0.2) is 4.79 Å². The number of carbonyl (C=O) groups excluding carboxylic acids is 2. The molecule has 0 spiro atoms. The number of carbonyl (C=O) groups is 3. The number of carboxylic acids is 1. The van der Waals surface area contributed by atoms with Gasteiger partial charge in [0.1, 0.15) is 6.61 Å². The van der Waals surface area contributed by atoms with E-state index >= 15 is 0 Å². The SMILES string of the molecule is CC(C)C(CNC(=O)OCC1c2ccccc2-c2ccccc21)C(=O)N[C@@H]1C=CC[C@@H](C(=O)O)C1. The quantitative estimate of drug-likeness (QED) is 0.492. The lowest BCUT2D eigenvalue weighted by atomic mass is 9.89. The number of amides is 2. The van der Waals surface area contributed by atoms with Crippen LogP contribution in [0.3, 0.4) is 0 Å². The first-order valence-electron chi connectivity index (χ1n) is 12.1. The van der Waals surface area contributed by atoms with Crippen molar-refractivity contribution < 1.29 is 24.2 Å². The van der Waals surface area contributed by atoms with E-state index in [2.05, 4.69) is 34.9 Å². The summed E-state index contributed by atoms with van der Waals surface area (Å²) < 4.78 is 5.58. The van der Waals surface area contributed by atoms with Crippen LogP contribution in [-0.2, 0) is 14.3 Å². The number of benzene rings is 2. The number of hydrogen-bond donors (Lipinski definition) is 3. The van der Waals surface area contributed by atoms with Crippen molar-refractivity contribution in [2.24, 2.45) is 17.8 Å². The number of aliphatic carboxylic acids is 1. The highest BCUT2D eigenvalue weighted by Gasteiger charge is 2.30. The minimum Gasteiger partial charge on any atom is -0.481 e. The van der Waals surface area contributed by atoms with Crippen LogP contribution in [-0.4, -0.2) is 42.3 Å². The molecule has 0 fully saturated rings. The van der Waals surface area contributed by atoms with E-state index in [4.69, 9.17) is 4.74 Å². The number of fused-ring (bicyclic) bond motifs is 3. The summed E-state index contributed by atoms with van der Waals surface area (Å²) in [6.45, 7) is 4.18. The zero-order chi connectivity index (χ0) is 24.9. The zero-order valence-corrected chi connectivity index (χ0v) is 20.1. The van der Waals surface area contributed by atoms with Crippen molar-refractivity contribution in [2.75, 3.05) is 13.2 Å². The first-order valence-corrected chi connectivity index (χ1v) is 12.1. The van der Waals surface area contributed by atoms with E-state index in [1.807, 2.05) is 44.2 Å². The van der Waals surface area contributed by atoms with Gasteiger partial charge in [0.05, 0.1) is 11.8 Å². The molecule has 7 nitrogen and oxygen atoms in total.